The zero-order valence-electron chi connectivity index (χ0n) is 14.8. The van der Waals surface area contributed by atoms with Gasteiger partial charge >= 0.3 is 6.18 Å². The first kappa shape index (κ1) is 20.0. The first-order valence-electron chi connectivity index (χ1n) is 8.26. The second kappa shape index (κ2) is 8.09. The largest absolute Gasteiger partial charge is 0.417 e. The minimum atomic E-state index is -4.53. The van der Waals surface area contributed by atoms with Crippen molar-refractivity contribution >= 4 is 23.1 Å². The average Bonchev–Trinajstić information content (AvgIpc) is 2.70. The van der Waals surface area contributed by atoms with Crippen molar-refractivity contribution in [3.8, 4) is 11.3 Å². The van der Waals surface area contributed by atoms with E-state index in [1.54, 1.807) is 18.2 Å². The van der Waals surface area contributed by atoms with Crippen molar-refractivity contribution in [3.63, 3.8) is 0 Å². The van der Waals surface area contributed by atoms with Crippen LogP contribution in [0, 0.1) is 5.82 Å². The highest BCUT2D eigenvalue weighted by Gasteiger charge is 2.30. The molecule has 0 radical (unpaired) electrons. The van der Waals surface area contributed by atoms with E-state index in [1.807, 2.05) is 0 Å². The lowest BCUT2D eigenvalue weighted by molar-refractivity contribution is -0.137. The maximum Gasteiger partial charge on any atom is 0.417 e. The van der Waals surface area contributed by atoms with Crippen LogP contribution in [0.4, 0.5) is 34.8 Å². The Morgan fingerprint density at radius 3 is 2.48 bits per heavy atom. The van der Waals surface area contributed by atoms with Crippen molar-refractivity contribution in [3.05, 3.63) is 78.9 Å². The molecule has 1 aromatic carbocycles. The third-order valence-corrected chi connectivity index (χ3v) is 3.83. The minimum Gasteiger partial charge on any atom is -0.337 e. The lowest BCUT2D eigenvalue weighted by Crippen LogP contribution is -2.09. The zero-order valence-corrected chi connectivity index (χ0v) is 14.8. The van der Waals surface area contributed by atoms with E-state index in [0.717, 1.165) is 24.3 Å². The summed E-state index contributed by atoms with van der Waals surface area (Å²) in [5.41, 5.74) is -0.135. The molecule has 29 heavy (non-hydrogen) atoms. The lowest BCUT2D eigenvalue weighted by atomic mass is 10.1. The van der Waals surface area contributed by atoms with Crippen LogP contribution in [0.2, 0.25) is 0 Å². The highest BCUT2D eigenvalue weighted by Crippen LogP contribution is 2.35. The minimum absolute atomic E-state index is 0.0111. The first-order valence-corrected chi connectivity index (χ1v) is 8.26. The molecule has 0 bridgehead atoms. The molecule has 148 valence electrons. The number of carbonyl (C=O) groups excluding carboxylic acids is 1. The number of carbonyl (C=O) groups is 1. The number of halogens is 4. The van der Waals surface area contributed by atoms with Gasteiger partial charge in [0.15, 0.2) is 0 Å². The van der Waals surface area contributed by atoms with Gasteiger partial charge in [0.05, 0.1) is 16.9 Å². The highest BCUT2D eigenvalue weighted by atomic mass is 19.4. The molecule has 0 aliphatic heterocycles. The molecule has 0 aliphatic carbocycles. The third kappa shape index (κ3) is 4.75. The van der Waals surface area contributed by atoms with E-state index in [4.69, 9.17) is 0 Å². The van der Waals surface area contributed by atoms with Crippen LogP contribution in [0.5, 0.6) is 0 Å². The van der Waals surface area contributed by atoms with Gasteiger partial charge in [-0.15, -0.1) is 0 Å². The molecule has 3 aromatic rings. The fraction of sp³-hybridized carbons (Fsp3) is 0.0500. The average molecular weight is 402 g/mol. The number of hydrogen-bond acceptors (Lipinski definition) is 4. The molecule has 3 rings (SSSR count). The fourth-order valence-corrected chi connectivity index (χ4v) is 2.49. The predicted molar refractivity (Wildman–Crippen MR) is 101 cm³/mol. The van der Waals surface area contributed by atoms with E-state index in [2.05, 4.69) is 27.2 Å². The van der Waals surface area contributed by atoms with Crippen LogP contribution in [0.25, 0.3) is 11.3 Å². The zero-order chi connectivity index (χ0) is 21.0. The first-order chi connectivity index (χ1) is 13.8. The Hall–Kier alpha value is -3.75. The molecule has 0 fully saturated rings. The molecule has 2 N–H and O–H groups in total. The molecule has 0 unspecified atom stereocenters. The van der Waals surface area contributed by atoms with Gasteiger partial charge in [-0.05, 0) is 42.5 Å². The molecule has 0 saturated carbocycles. The fourth-order valence-electron chi connectivity index (χ4n) is 2.49. The molecule has 2 aromatic heterocycles. The van der Waals surface area contributed by atoms with Gasteiger partial charge in [-0.1, -0.05) is 12.6 Å². The van der Waals surface area contributed by atoms with E-state index in [0.29, 0.717) is 11.9 Å². The number of nitrogens with one attached hydrogen (secondary N) is 2. The standard InChI is InChI=1S/C20H14F4N4O/c1-2-18(29)27-13-9-14(16-5-3-4-8-25-16)19(15(21)10-13)28-17-7-6-12(11-26-17)20(22,23)24/h2-11H,1H2,(H,26,28)(H,27,29). The number of benzene rings is 1. The Labute approximate surface area is 163 Å². The topological polar surface area (TPSA) is 66.9 Å². The van der Waals surface area contributed by atoms with Crippen LogP contribution in [0.15, 0.2) is 67.5 Å². The summed E-state index contributed by atoms with van der Waals surface area (Å²) in [6.45, 7) is 3.34. The molecule has 0 atom stereocenters. The van der Waals surface area contributed by atoms with Crippen LogP contribution in [-0.2, 0) is 11.0 Å². The maximum atomic E-state index is 14.8. The Morgan fingerprint density at radius 1 is 1.10 bits per heavy atom. The summed E-state index contributed by atoms with van der Waals surface area (Å²) in [6.07, 6.45) is -1.33. The Kier molecular flexibility index (Phi) is 5.58. The Balaban J connectivity index is 2.03. The van der Waals surface area contributed by atoms with Gasteiger partial charge in [0.2, 0.25) is 5.91 Å². The third-order valence-electron chi connectivity index (χ3n) is 3.83. The highest BCUT2D eigenvalue weighted by molar-refractivity contribution is 5.99. The molecule has 9 heteroatoms. The van der Waals surface area contributed by atoms with E-state index < -0.39 is 23.5 Å². The van der Waals surface area contributed by atoms with E-state index in [9.17, 15) is 22.4 Å². The van der Waals surface area contributed by atoms with Crippen molar-refractivity contribution in [2.45, 2.75) is 6.18 Å². The van der Waals surface area contributed by atoms with E-state index in [-0.39, 0.29) is 22.8 Å². The summed E-state index contributed by atoms with van der Waals surface area (Å²) in [5.74, 6) is -1.27. The number of alkyl halides is 3. The normalized spacial score (nSPS) is 11.0. The summed E-state index contributed by atoms with van der Waals surface area (Å²) in [4.78, 5) is 19.4. The van der Waals surface area contributed by atoms with Crippen LogP contribution in [0.1, 0.15) is 5.56 Å². The molecule has 0 saturated heterocycles. The molecule has 5 nitrogen and oxygen atoms in total. The number of anilines is 3. The van der Waals surface area contributed by atoms with Gasteiger partial charge < -0.3 is 10.6 Å². The van der Waals surface area contributed by atoms with Gasteiger partial charge in [-0.25, -0.2) is 9.37 Å². The van der Waals surface area contributed by atoms with Gasteiger partial charge in [-0.2, -0.15) is 13.2 Å². The molecule has 0 aliphatic rings. The van der Waals surface area contributed by atoms with Crippen LogP contribution in [0.3, 0.4) is 0 Å². The van der Waals surface area contributed by atoms with Gasteiger partial charge in [-0.3, -0.25) is 9.78 Å². The molecular formula is C20H14F4N4O. The monoisotopic (exact) mass is 402 g/mol. The second-order valence-corrected chi connectivity index (χ2v) is 5.84. The number of amides is 1. The lowest BCUT2D eigenvalue weighted by Gasteiger charge is -2.15. The summed E-state index contributed by atoms with van der Waals surface area (Å²) in [6, 6.07) is 9.48. The maximum absolute atomic E-state index is 14.8. The molecular weight excluding hydrogens is 388 g/mol. The van der Waals surface area contributed by atoms with Crippen LogP contribution in [-0.4, -0.2) is 15.9 Å². The Morgan fingerprint density at radius 2 is 1.90 bits per heavy atom. The summed E-state index contributed by atoms with van der Waals surface area (Å²) < 4.78 is 52.9. The number of rotatable bonds is 5. The van der Waals surface area contributed by atoms with Crippen LogP contribution < -0.4 is 10.6 Å². The smallest absolute Gasteiger partial charge is 0.337 e. The molecule has 0 spiro atoms. The van der Waals surface area contributed by atoms with Crippen molar-refractivity contribution in [1.82, 2.24) is 9.97 Å². The summed E-state index contributed by atoms with van der Waals surface area (Å²) in [7, 11) is 0. The van der Waals surface area contributed by atoms with Gasteiger partial charge in [0.25, 0.3) is 0 Å². The van der Waals surface area contributed by atoms with Gasteiger partial charge in [0.1, 0.15) is 11.6 Å². The second-order valence-electron chi connectivity index (χ2n) is 5.84. The number of hydrogen-bond donors (Lipinski definition) is 2. The van der Waals surface area contributed by atoms with E-state index >= 15 is 0 Å². The van der Waals surface area contributed by atoms with Gasteiger partial charge in [0, 0.05) is 23.6 Å². The van der Waals surface area contributed by atoms with Crippen molar-refractivity contribution < 1.29 is 22.4 Å². The molecule has 2 heterocycles. The van der Waals surface area contributed by atoms with Crippen molar-refractivity contribution in [2.75, 3.05) is 10.6 Å². The number of pyridine rings is 2. The van der Waals surface area contributed by atoms with Crippen LogP contribution >= 0.6 is 0 Å². The number of aromatic nitrogens is 2. The SMILES string of the molecule is C=CC(=O)Nc1cc(F)c(Nc2ccc(C(F)(F)F)cn2)c(-c2ccccn2)c1. The quantitative estimate of drug-likeness (QED) is 0.457. The molecule has 1 amide bonds. The summed E-state index contributed by atoms with van der Waals surface area (Å²) in [5, 5.41) is 5.15. The predicted octanol–water partition coefficient (Wildman–Crippen LogP) is 5.17. The van der Waals surface area contributed by atoms with E-state index in [1.165, 1.54) is 12.3 Å². The number of nitrogens with zero attached hydrogens (tertiary/aromatic N) is 2. The Bertz CT molecular complexity index is 1030. The summed E-state index contributed by atoms with van der Waals surface area (Å²) >= 11 is 0. The van der Waals surface area contributed by atoms with Crippen molar-refractivity contribution in [2.24, 2.45) is 0 Å². The van der Waals surface area contributed by atoms with Crippen molar-refractivity contribution in [1.29, 1.82) is 0 Å².